The zero-order valence-corrected chi connectivity index (χ0v) is 14.0. The first kappa shape index (κ1) is 20.1. The van der Waals surface area contributed by atoms with Crippen molar-refractivity contribution in [2.45, 2.75) is 12.8 Å². The van der Waals surface area contributed by atoms with Crippen LogP contribution in [0.15, 0.2) is 30.6 Å². The molecule has 0 spiro atoms. The van der Waals surface area contributed by atoms with Crippen LogP contribution < -0.4 is 15.8 Å². The quantitative estimate of drug-likeness (QED) is 0.814. The highest BCUT2D eigenvalue weighted by molar-refractivity contribution is 5.94. The fraction of sp³-hybridized carbons (Fsp3) is 0.286. The lowest BCUT2D eigenvalue weighted by Crippen LogP contribution is -2.13. The Morgan fingerprint density at radius 2 is 2.14 bits per heavy atom. The number of benzene rings is 1. The van der Waals surface area contributed by atoms with Crippen LogP contribution in [0.25, 0.3) is 0 Å². The molecule has 0 aliphatic heterocycles. The van der Waals surface area contributed by atoms with E-state index in [2.05, 4.69) is 10.4 Å². The molecule has 0 aliphatic carbocycles. The van der Waals surface area contributed by atoms with E-state index in [-0.39, 0.29) is 30.7 Å². The number of carbonyl (C=O) groups is 1. The molecule has 2 rings (SSSR count). The highest BCUT2D eigenvalue weighted by Crippen LogP contribution is 2.24. The number of ether oxygens (including phenoxy) is 1. The highest BCUT2D eigenvalue weighted by Gasteiger charge is 2.07. The molecule has 1 amide bonds. The number of rotatable bonds is 5. The number of carbonyl (C=O) groups excluding carboxylic acids is 1. The molecule has 0 radical (unpaired) electrons. The van der Waals surface area contributed by atoms with E-state index in [1.54, 1.807) is 36.2 Å². The van der Waals surface area contributed by atoms with Crippen molar-refractivity contribution in [3.63, 3.8) is 0 Å². The van der Waals surface area contributed by atoms with Crippen LogP contribution in [0.4, 0.5) is 11.4 Å². The summed E-state index contributed by atoms with van der Waals surface area (Å²) in [6.45, 7) is 0. The molecule has 0 bridgehead atoms. The molecular formula is C14H20Cl2N4O2. The van der Waals surface area contributed by atoms with Gasteiger partial charge in [0.15, 0.2) is 0 Å². The van der Waals surface area contributed by atoms with Gasteiger partial charge in [-0.25, -0.2) is 0 Å². The Bertz CT molecular complexity index is 617. The molecule has 1 aromatic heterocycles. The van der Waals surface area contributed by atoms with E-state index < -0.39 is 0 Å². The molecular weight excluding hydrogens is 327 g/mol. The zero-order chi connectivity index (χ0) is 14.5. The molecule has 8 heteroatoms. The number of anilines is 2. The van der Waals surface area contributed by atoms with Crippen molar-refractivity contribution in [2.24, 2.45) is 7.05 Å². The van der Waals surface area contributed by atoms with E-state index in [4.69, 9.17) is 10.5 Å². The first-order chi connectivity index (χ1) is 9.58. The minimum atomic E-state index is -0.0891. The summed E-state index contributed by atoms with van der Waals surface area (Å²) in [5.41, 5.74) is 7.93. The number of methoxy groups -OCH3 is 1. The molecule has 0 aliphatic rings. The van der Waals surface area contributed by atoms with Crippen LogP contribution in [-0.4, -0.2) is 22.8 Å². The maximum absolute atomic E-state index is 11.9. The van der Waals surface area contributed by atoms with Gasteiger partial charge in [-0.2, -0.15) is 5.10 Å². The third-order valence-corrected chi connectivity index (χ3v) is 2.93. The Balaban J connectivity index is 0.00000220. The van der Waals surface area contributed by atoms with Gasteiger partial charge in [0, 0.05) is 25.7 Å². The average Bonchev–Trinajstić information content (AvgIpc) is 2.85. The summed E-state index contributed by atoms with van der Waals surface area (Å²) in [6.07, 6.45) is 4.67. The van der Waals surface area contributed by atoms with Gasteiger partial charge < -0.3 is 15.8 Å². The molecule has 22 heavy (non-hydrogen) atoms. The van der Waals surface area contributed by atoms with E-state index >= 15 is 0 Å². The molecule has 0 unspecified atom stereocenters. The Hall–Kier alpha value is -1.92. The summed E-state index contributed by atoms with van der Waals surface area (Å²) < 4.78 is 6.82. The summed E-state index contributed by atoms with van der Waals surface area (Å²) in [7, 11) is 3.42. The Kier molecular flexibility index (Phi) is 8.37. The highest BCUT2D eigenvalue weighted by atomic mass is 35.5. The number of nitrogens with two attached hydrogens (primary N) is 1. The van der Waals surface area contributed by atoms with Crippen LogP contribution in [0, 0.1) is 0 Å². The molecule has 6 nitrogen and oxygen atoms in total. The van der Waals surface area contributed by atoms with E-state index in [1.807, 2.05) is 13.2 Å². The summed E-state index contributed by atoms with van der Waals surface area (Å²) in [5, 5.41) is 6.85. The summed E-state index contributed by atoms with van der Waals surface area (Å²) >= 11 is 0. The molecule has 2 aromatic rings. The minimum Gasteiger partial charge on any atom is -0.497 e. The van der Waals surface area contributed by atoms with Gasteiger partial charge in [0.1, 0.15) is 5.75 Å². The zero-order valence-electron chi connectivity index (χ0n) is 12.4. The van der Waals surface area contributed by atoms with Gasteiger partial charge in [0.2, 0.25) is 5.91 Å². The Morgan fingerprint density at radius 1 is 1.41 bits per heavy atom. The van der Waals surface area contributed by atoms with Crippen LogP contribution >= 0.6 is 24.8 Å². The monoisotopic (exact) mass is 346 g/mol. The molecule has 0 saturated heterocycles. The molecule has 122 valence electrons. The van der Waals surface area contributed by atoms with Crippen molar-refractivity contribution in [2.75, 3.05) is 18.2 Å². The standard InChI is InChI=1S/C14H18N4O2.2ClH/c1-18-9-10(8-16-18)3-6-14(19)17-13-7-11(20-2)4-5-12(13)15;;/h4-5,7-9H,3,6,15H2,1-2H3,(H,17,19);2*1H. The second kappa shape index (κ2) is 9.17. The number of aryl methyl sites for hydroxylation is 2. The van der Waals surface area contributed by atoms with Gasteiger partial charge in [-0.05, 0) is 24.1 Å². The maximum atomic E-state index is 11.9. The lowest BCUT2D eigenvalue weighted by Gasteiger charge is -2.09. The van der Waals surface area contributed by atoms with Crippen molar-refractivity contribution < 1.29 is 9.53 Å². The average molecular weight is 347 g/mol. The minimum absolute atomic E-state index is 0. The SMILES string of the molecule is COc1ccc(N)c(NC(=O)CCc2cnn(C)c2)c1.Cl.Cl. The summed E-state index contributed by atoms with van der Waals surface area (Å²) in [6, 6.07) is 5.16. The van der Waals surface area contributed by atoms with Gasteiger partial charge in [-0.1, -0.05) is 0 Å². The van der Waals surface area contributed by atoms with Crippen LogP contribution in [-0.2, 0) is 18.3 Å². The molecule has 0 saturated carbocycles. The van der Waals surface area contributed by atoms with Crippen LogP contribution in [0.3, 0.4) is 0 Å². The number of amides is 1. The number of hydrogen-bond donors (Lipinski definition) is 2. The number of nitrogens with one attached hydrogen (secondary N) is 1. The fourth-order valence-corrected chi connectivity index (χ4v) is 1.84. The summed E-state index contributed by atoms with van der Waals surface area (Å²) in [5.74, 6) is 0.565. The van der Waals surface area contributed by atoms with E-state index in [1.165, 1.54) is 0 Å². The number of nitrogens with zero attached hydrogens (tertiary/aromatic N) is 2. The van der Waals surface area contributed by atoms with E-state index in [9.17, 15) is 4.79 Å². The number of halogens is 2. The maximum Gasteiger partial charge on any atom is 0.224 e. The van der Waals surface area contributed by atoms with Gasteiger partial charge in [-0.3, -0.25) is 9.48 Å². The summed E-state index contributed by atoms with van der Waals surface area (Å²) in [4.78, 5) is 11.9. The number of nitrogen functional groups attached to an aromatic ring is 1. The fourth-order valence-electron chi connectivity index (χ4n) is 1.84. The van der Waals surface area contributed by atoms with E-state index in [0.717, 1.165) is 5.56 Å². The Morgan fingerprint density at radius 3 is 2.73 bits per heavy atom. The van der Waals surface area contributed by atoms with Crippen molar-refractivity contribution in [1.29, 1.82) is 0 Å². The normalized spacial score (nSPS) is 9.36. The predicted octanol–water partition coefficient (Wildman–Crippen LogP) is 2.43. The van der Waals surface area contributed by atoms with Gasteiger partial charge in [-0.15, -0.1) is 24.8 Å². The molecule has 1 heterocycles. The lowest BCUT2D eigenvalue weighted by atomic mass is 10.2. The predicted molar refractivity (Wildman–Crippen MR) is 92.1 cm³/mol. The lowest BCUT2D eigenvalue weighted by molar-refractivity contribution is -0.116. The van der Waals surface area contributed by atoms with Crippen molar-refractivity contribution >= 4 is 42.1 Å². The third kappa shape index (κ3) is 5.46. The Labute approximate surface area is 141 Å². The third-order valence-electron chi connectivity index (χ3n) is 2.93. The van der Waals surface area contributed by atoms with E-state index in [0.29, 0.717) is 30.0 Å². The van der Waals surface area contributed by atoms with Gasteiger partial charge in [0.05, 0.1) is 24.7 Å². The number of aromatic nitrogens is 2. The molecule has 0 atom stereocenters. The van der Waals surface area contributed by atoms with Gasteiger partial charge in [0.25, 0.3) is 0 Å². The molecule has 3 N–H and O–H groups in total. The van der Waals surface area contributed by atoms with Crippen LogP contribution in [0.1, 0.15) is 12.0 Å². The topological polar surface area (TPSA) is 82.2 Å². The van der Waals surface area contributed by atoms with Crippen LogP contribution in [0.5, 0.6) is 5.75 Å². The second-order valence-corrected chi connectivity index (χ2v) is 4.52. The van der Waals surface area contributed by atoms with Crippen molar-refractivity contribution in [3.05, 3.63) is 36.2 Å². The largest absolute Gasteiger partial charge is 0.497 e. The van der Waals surface area contributed by atoms with Gasteiger partial charge >= 0.3 is 0 Å². The molecule has 1 aromatic carbocycles. The molecule has 0 fully saturated rings. The van der Waals surface area contributed by atoms with Crippen LogP contribution in [0.2, 0.25) is 0 Å². The smallest absolute Gasteiger partial charge is 0.224 e. The first-order valence-electron chi connectivity index (χ1n) is 6.29. The van der Waals surface area contributed by atoms with Crippen molar-refractivity contribution in [1.82, 2.24) is 9.78 Å². The number of hydrogen-bond acceptors (Lipinski definition) is 4. The second-order valence-electron chi connectivity index (χ2n) is 4.52. The first-order valence-corrected chi connectivity index (χ1v) is 6.29. The van der Waals surface area contributed by atoms with Crippen molar-refractivity contribution in [3.8, 4) is 5.75 Å².